The summed E-state index contributed by atoms with van der Waals surface area (Å²) < 4.78 is 5.35. The predicted molar refractivity (Wildman–Crippen MR) is 83.6 cm³/mol. The van der Waals surface area contributed by atoms with Gasteiger partial charge in [-0.1, -0.05) is 23.2 Å². The second-order valence-electron chi connectivity index (χ2n) is 5.34. The Morgan fingerprint density at radius 3 is 2.86 bits per heavy atom. The molecule has 4 nitrogen and oxygen atoms in total. The molecule has 21 heavy (non-hydrogen) atoms. The molecule has 2 aliphatic rings. The SMILES string of the molecule is COc1ccc(Cl)c(Cl)c1C1N=C(C)C2CCCN2C1=O. The van der Waals surface area contributed by atoms with E-state index in [2.05, 4.69) is 4.99 Å². The van der Waals surface area contributed by atoms with Crippen LogP contribution in [-0.4, -0.2) is 36.2 Å². The Labute approximate surface area is 133 Å². The van der Waals surface area contributed by atoms with Gasteiger partial charge in [0.15, 0.2) is 6.04 Å². The topological polar surface area (TPSA) is 41.9 Å². The van der Waals surface area contributed by atoms with Crippen molar-refractivity contribution in [1.29, 1.82) is 0 Å². The molecule has 1 aromatic rings. The van der Waals surface area contributed by atoms with Gasteiger partial charge < -0.3 is 9.64 Å². The zero-order valence-corrected chi connectivity index (χ0v) is 13.4. The van der Waals surface area contributed by atoms with Crippen molar-refractivity contribution in [3.63, 3.8) is 0 Å². The molecule has 2 aliphatic heterocycles. The maximum atomic E-state index is 12.7. The van der Waals surface area contributed by atoms with Gasteiger partial charge >= 0.3 is 0 Å². The Morgan fingerprint density at radius 2 is 2.14 bits per heavy atom. The van der Waals surface area contributed by atoms with Gasteiger partial charge in [-0.05, 0) is 31.9 Å². The highest BCUT2D eigenvalue weighted by Gasteiger charge is 2.41. The van der Waals surface area contributed by atoms with Crippen LogP contribution in [0.25, 0.3) is 0 Å². The van der Waals surface area contributed by atoms with Crippen LogP contribution in [0.15, 0.2) is 17.1 Å². The molecule has 2 heterocycles. The van der Waals surface area contributed by atoms with Crippen molar-refractivity contribution < 1.29 is 9.53 Å². The Bertz CT molecular complexity index is 630. The number of ether oxygens (including phenoxy) is 1. The number of hydrogen-bond acceptors (Lipinski definition) is 3. The number of hydrogen-bond donors (Lipinski definition) is 0. The van der Waals surface area contributed by atoms with E-state index in [9.17, 15) is 4.79 Å². The number of methoxy groups -OCH3 is 1. The molecule has 0 bridgehead atoms. The number of benzene rings is 1. The lowest BCUT2D eigenvalue weighted by Gasteiger charge is -2.33. The average molecular weight is 327 g/mol. The number of aliphatic imine (C=N–C) groups is 1. The average Bonchev–Trinajstić information content (AvgIpc) is 2.96. The largest absolute Gasteiger partial charge is 0.496 e. The van der Waals surface area contributed by atoms with Gasteiger partial charge in [0.05, 0.1) is 23.2 Å². The second-order valence-corrected chi connectivity index (χ2v) is 6.13. The summed E-state index contributed by atoms with van der Waals surface area (Å²) in [4.78, 5) is 19.2. The third kappa shape index (κ3) is 2.30. The number of carbonyl (C=O) groups excluding carboxylic acids is 1. The molecule has 0 aromatic heterocycles. The lowest BCUT2D eigenvalue weighted by atomic mass is 9.99. The number of nitrogens with zero attached hydrogens (tertiary/aromatic N) is 2. The third-order valence-corrected chi connectivity index (χ3v) is 4.99. The summed E-state index contributed by atoms with van der Waals surface area (Å²) in [5, 5.41) is 0.736. The molecule has 1 amide bonds. The zero-order valence-electron chi connectivity index (χ0n) is 11.9. The molecule has 3 rings (SSSR count). The number of fused-ring (bicyclic) bond motifs is 1. The van der Waals surface area contributed by atoms with E-state index in [-0.39, 0.29) is 11.9 Å². The first kappa shape index (κ1) is 14.7. The minimum Gasteiger partial charge on any atom is -0.496 e. The first-order chi connectivity index (χ1) is 10.0. The van der Waals surface area contributed by atoms with Gasteiger partial charge in [-0.2, -0.15) is 0 Å². The smallest absolute Gasteiger partial charge is 0.252 e. The van der Waals surface area contributed by atoms with Crippen molar-refractivity contribution >= 4 is 34.8 Å². The minimum absolute atomic E-state index is 0.0226. The van der Waals surface area contributed by atoms with Crippen LogP contribution < -0.4 is 4.74 Å². The fourth-order valence-corrected chi connectivity index (χ4v) is 3.56. The summed E-state index contributed by atoms with van der Waals surface area (Å²) in [7, 11) is 1.55. The van der Waals surface area contributed by atoms with Gasteiger partial charge in [0.2, 0.25) is 0 Å². The van der Waals surface area contributed by atoms with Crippen LogP contribution >= 0.6 is 23.2 Å². The third-order valence-electron chi connectivity index (χ3n) is 4.17. The van der Waals surface area contributed by atoms with Crippen LogP contribution in [0.1, 0.15) is 31.4 Å². The van der Waals surface area contributed by atoms with Gasteiger partial charge in [0.25, 0.3) is 5.91 Å². The number of amides is 1. The van der Waals surface area contributed by atoms with Crippen LogP contribution in [0.3, 0.4) is 0 Å². The molecule has 6 heteroatoms. The molecule has 0 saturated carbocycles. The van der Waals surface area contributed by atoms with Crippen molar-refractivity contribution in [1.82, 2.24) is 4.90 Å². The van der Waals surface area contributed by atoms with E-state index in [0.29, 0.717) is 21.4 Å². The van der Waals surface area contributed by atoms with Crippen molar-refractivity contribution in [3.8, 4) is 5.75 Å². The number of rotatable bonds is 2. The Morgan fingerprint density at radius 1 is 1.38 bits per heavy atom. The zero-order chi connectivity index (χ0) is 15.1. The number of halogens is 2. The highest BCUT2D eigenvalue weighted by molar-refractivity contribution is 6.42. The van der Waals surface area contributed by atoms with Gasteiger partial charge in [-0.3, -0.25) is 9.79 Å². The summed E-state index contributed by atoms with van der Waals surface area (Å²) in [6.07, 6.45) is 1.99. The van der Waals surface area contributed by atoms with E-state index < -0.39 is 6.04 Å². The summed E-state index contributed by atoms with van der Waals surface area (Å²) in [6.45, 7) is 2.74. The van der Waals surface area contributed by atoms with Crippen molar-refractivity contribution in [2.24, 2.45) is 4.99 Å². The molecule has 112 valence electrons. The fraction of sp³-hybridized carbons (Fsp3) is 0.467. The van der Waals surface area contributed by atoms with Crippen molar-refractivity contribution in [2.45, 2.75) is 31.8 Å². The van der Waals surface area contributed by atoms with Crippen molar-refractivity contribution in [3.05, 3.63) is 27.7 Å². The Balaban J connectivity index is 2.12. The van der Waals surface area contributed by atoms with Crippen molar-refractivity contribution in [2.75, 3.05) is 13.7 Å². The van der Waals surface area contributed by atoms with Crippen LogP contribution in [0.5, 0.6) is 5.75 Å². The maximum Gasteiger partial charge on any atom is 0.252 e. The summed E-state index contributed by atoms with van der Waals surface area (Å²) >= 11 is 12.4. The van der Waals surface area contributed by atoms with E-state index in [1.807, 2.05) is 11.8 Å². The molecule has 1 fully saturated rings. The van der Waals surface area contributed by atoms with Gasteiger partial charge in [0, 0.05) is 17.8 Å². The highest BCUT2D eigenvalue weighted by atomic mass is 35.5. The normalized spacial score (nSPS) is 24.9. The molecule has 0 aliphatic carbocycles. The highest BCUT2D eigenvalue weighted by Crippen LogP contribution is 2.42. The van der Waals surface area contributed by atoms with E-state index in [1.54, 1.807) is 19.2 Å². The predicted octanol–water partition coefficient (Wildman–Crippen LogP) is 3.51. The minimum atomic E-state index is -0.666. The molecule has 2 unspecified atom stereocenters. The first-order valence-corrected chi connectivity index (χ1v) is 7.67. The lowest BCUT2D eigenvalue weighted by Crippen LogP contribution is -2.46. The second kappa shape index (κ2) is 5.50. The fourth-order valence-electron chi connectivity index (χ4n) is 3.14. The number of carbonyl (C=O) groups is 1. The summed E-state index contributed by atoms with van der Waals surface area (Å²) in [5.74, 6) is 0.516. The van der Waals surface area contributed by atoms with Crippen LogP contribution in [0.4, 0.5) is 0 Å². The van der Waals surface area contributed by atoms with Crippen LogP contribution in [0, 0.1) is 0 Å². The molecular formula is C15H16Cl2N2O2. The standard InChI is InChI=1S/C15H16Cl2N2O2/c1-8-10-4-3-7-19(10)15(20)14(18-8)12-11(21-2)6-5-9(16)13(12)17/h5-6,10,14H,3-4,7H2,1-2H3. The van der Waals surface area contributed by atoms with E-state index in [4.69, 9.17) is 27.9 Å². The molecule has 1 aromatic carbocycles. The molecule has 1 saturated heterocycles. The summed E-state index contributed by atoms with van der Waals surface area (Å²) in [5.41, 5.74) is 1.52. The maximum absolute atomic E-state index is 12.7. The molecular weight excluding hydrogens is 311 g/mol. The summed E-state index contributed by atoms with van der Waals surface area (Å²) in [6, 6.07) is 2.85. The monoisotopic (exact) mass is 326 g/mol. The van der Waals surface area contributed by atoms with Crippen LogP contribution in [-0.2, 0) is 4.79 Å². The lowest BCUT2D eigenvalue weighted by molar-refractivity contribution is -0.133. The van der Waals surface area contributed by atoms with Crippen LogP contribution in [0.2, 0.25) is 10.0 Å². The molecule has 0 N–H and O–H groups in total. The van der Waals surface area contributed by atoms with Gasteiger partial charge in [-0.25, -0.2) is 0 Å². The molecule has 2 atom stereocenters. The van der Waals surface area contributed by atoms with Gasteiger partial charge in [0.1, 0.15) is 5.75 Å². The quantitative estimate of drug-likeness (QED) is 0.834. The molecule has 0 spiro atoms. The van der Waals surface area contributed by atoms with E-state index >= 15 is 0 Å². The van der Waals surface area contributed by atoms with E-state index in [1.165, 1.54) is 0 Å². The Kier molecular flexibility index (Phi) is 3.84. The first-order valence-electron chi connectivity index (χ1n) is 6.91. The molecule has 0 radical (unpaired) electrons. The van der Waals surface area contributed by atoms with Gasteiger partial charge in [-0.15, -0.1) is 0 Å². The Hall–Kier alpha value is -1.26. The van der Waals surface area contributed by atoms with E-state index in [0.717, 1.165) is 25.1 Å².